The van der Waals surface area contributed by atoms with Crippen LogP contribution in [0.3, 0.4) is 0 Å². The molecule has 0 saturated heterocycles. The van der Waals surface area contributed by atoms with Gasteiger partial charge in [0.15, 0.2) is 0 Å². The van der Waals surface area contributed by atoms with Crippen LogP contribution in [0.1, 0.15) is 19.4 Å². The molecule has 0 aliphatic heterocycles. The smallest absolute Gasteiger partial charge is 0.314 e. The van der Waals surface area contributed by atoms with Gasteiger partial charge < -0.3 is 9.84 Å². The zero-order chi connectivity index (χ0) is 17.3. The molecule has 0 aliphatic rings. The molecule has 124 valence electrons. The van der Waals surface area contributed by atoms with E-state index in [4.69, 9.17) is 27.9 Å². The number of aliphatic hydroxyl groups is 1. The number of methoxy groups -OCH3 is 1. The van der Waals surface area contributed by atoms with Crippen LogP contribution in [0.15, 0.2) is 30.9 Å². The van der Waals surface area contributed by atoms with Crippen LogP contribution >= 0.6 is 23.2 Å². The van der Waals surface area contributed by atoms with E-state index in [1.54, 1.807) is 26.0 Å². The summed E-state index contributed by atoms with van der Waals surface area (Å²) >= 11 is 12.2. The third-order valence-corrected chi connectivity index (χ3v) is 4.51. The largest absolute Gasteiger partial charge is 0.469 e. The summed E-state index contributed by atoms with van der Waals surface area (Å²) in [7, 11) is 1.27. The first kappa shape index (κ1) is 17.7. The number of hydrogen-bond donors (Lipinski definition) is 1. The highest BCUT2D eigenvalue weighted by atomic mass is 35.5. The number of nitrogens with zero attached hydrogens (tertiary/aromatic N) is 3. The third kappa shape index (κ3) is 3.20. The monoisotopic (exact) mass is 357 g/mol. The molecule has 1 N–H and O–H groups in total. The number of ether oxygens (including phenoxy) is 1. The first-order valence-corrected chi connectivity index (χ1v) is 7.56. The van der Waals surface area contributed by atoms with Crippen molar-refractivity contribution in [3.63, 3.8) is 0 Å². The predicted molar refractivity (Wildman–Crippen MR) is 86.2 cm³/mol. The van der Waals surface area contributed by atoms with Crippen molar-refractivity contribution in [2.45, 2.75) is 26.0 Å². The van der Waals surface area contributed by atoms with Crippen molar-refractivity contribution in [1.82, 2.24) is 14.8 Å². The van der Waals surface area contributed by atoms with E-state index in [-0.39, 0.29) is 11.6 Å². The molecule has 0 saturated carbocycles. The molecular weight excluding hydrogens is 341 g/mol. The molecule has 23 heavy (non-hydrogen) atoms. The second kappa shape index (κ2) is 6.47. The van der Waals surface area contributed by atoms with Gasteiger partial charge in [0, 0.05) is 15.6 Å². The van der Waals surface area contributed by atoms with Gasteiger partial charge in [-0.3, -0.25) is 4.79 Å². The molecule has 1 aromatic heterocycles. The highest BCUT2D eigenvalue weighted by Gasteiger charge is 2.52. The molecule has 1 aromatic carbocycles. The fraction of sp³-hybridized carbons (Fsp3) is 0.400. The van der Waals surface area contributed by atoms with Gasteiger partial charge in [-0.1, -0.05) is 29.3 Å². The summed E-state index contributed by atoms with van der Waals surface area (Å²) in [5, 5.41) is 16.1. The number of benzene rings is 1. The van der Waals surface area contributed by atoms with E-state index in [9.17, 15) is 9.90 Å². The highest BCUT2D eigenvalue weighted by molar-refractivity contribution is 6.35. The van der Waals surface area contributed by atoms with Gasteiger partial charge in [0.05, 0.1) is 19.1 Å². The minimum atomic E-state index is -1.69. The Hall–Kier alpha value is -1.63. The number of carbonyl (C=O) groups excluding carboxylic acids is 1. The Morgan fingerprint density at radius 2 is 2.09 bits per heavy atom. The maximum absolute atomic E-state index is 12.3. The molecule has 2 aromatic rings. The van der Waals surface area contributed by atoms with Gasteiger partial charge in [0.1, 0.15) is 18.3 Å². The summed E-state index contributed by atoms with van der Waals surface area (Å²) in [5.41, 5.74) is -2.63. The van der Waals surface area contributed by atoms with E-state index in [1.807, 2.05) is 0 Å². The number of rotatable bonds is 5. The summed E-state index contributed by atoms with van der Waals surface area (Å²) in [5.74, 6) is -0.578. The van der Waals surface area contributed by atoms with Gasteiger partial charge in [0.25, 0.3) is 0 Å². The van der Waals surface area contributed by atoms with Crippen LogP contribution in [0.2, 0.25) is 10.0 Å². The Kier molecular flexibility index (Phi) is 4.98. The number of halogens is 2. The van der Waals surface area contributed by atoms with Crippen LogP contribution in [0.4, 0.5) is 0 Å². The molecule has 1 atom stereocenters. The van der Waals surface area contributed by atoms with Gasteiger partial charge in [-0.05, 0) is 26.0 Å². The van der Waals surface area contributed by atoms with Crippen LogP contribution in [-0.2, 0) is 21.7 Å². The zero-order valence-electron chi connectivity index (χ0n) is 13.0. The Bertz CT molecular complexity index is 704. The summed E-state index contributed by atoms with van der Waals surface area (Å²) in [4.78, 5) is 16.1. The molecule has 0 aliphatic carbocycles. The van der Waals surface area contributed by atoms with Crippen LogP contribution in [0.25, 0.3) is 0 Å². The van der Waals surface area contributed by atoms with E-state index in [2.05, 4.69) is 10.1 Å². The number of aromatic nitrogens is 3. The summed E-state index contributed by atoms with van der Waals surface area (Å²) in [6.45, 7) is 3.14. The summed E-state index contributed by atoms with van der Waals surface area (Å²) in [6.07, 6.45) is 2.79. The number of esters is 1. The average molecular weight is 358 g/mol. The normalized spacial score (nSPS) is 14.3. The lowest BCUT2D eigenvalue weighted by Gasteiger charge is -2.41. The van der Waals surface area contributed by atoms with E-state index in [1.165, 1.54) is 30.5 Å². The van der Waals surface area contributed by atoms with Gasteiger partial charge in [-0.25, -0.2) is 9.67 Å². The molecule has 6 nitrogen and oxygen atoms in total. The van der Waals surface area contributed by atoms with Gasteiger partial charge >= 0.3 is 5.97 Å². The quantitative estimate of drug-likeness (QED) is 0.832. The van der Waals surface area contributed by atoms with Crippen molar-refractivity contribution in [1.29, 1.82) is 0 Å². The van der Waals surface area contributed by atoms with Crippen molar-refractivity contribution in [2.24, 2.45) is 5.41 Å². The second-order valence-electron chi connectivity index (χ2n) is 5.69. The van der Waals surface area contributed by atoms with Crippen LogP contribution < -0.4 is 0 Å². The van der Waals surface area contributed by atoms with E-state index in [0.717, 1.165) is 0 Å². The maximum atomic E-state index is 12.3. The average Bonchev–Trinajstić information content (AvgIpc) is 2.98. The Balaban J connectivity index is 2.61. The lowest BCUT2D eigenvalue weighted by atomic mass is 9.70. The predicted octanol–water partition coefficient (Wildman–Crippen LogP) is 2.67. The third-order valence-electron chi connectivity index (χ3n) is 3.96. The molecule has 0 radical (unpaired) electrons. The molecule has 1 unspecified atom stereocenters. The van der Waals surface area contributed by atoms with Gasteiger partial charge in [-0.15, -0.1) is 0 Å². The fourth-order valence-corrected chi connectivity index (χ4v) is 2.98. The zero-order valence-corrected chi connectivity index (χ0v) is 14.5. The lowest BCUT2D eigenvalue weighted by Crippen LogP contribution is -2.50. The fourth-order valence-electron chi connectivity index (χ4n) is 2.42. The SMILES string of the molecule is COC(=O)C(C)(C)C(O)(Cn1cncn1)c1ccc(Cl)cc1Cl. The van der Waals surface area contributed by atoms with E-state index >= 15 is 0 Å². The van der Waals surface area contributed by atoms with Crippen LogP contribution in [0.5, 0.6) is 0 Å². The summed E-state index contributed by atoms with van der Waals surface area (Å²) < 4.78 is 6.28. The highest BCUT2D eigenvalue weighted by Crippen LogP contribution is 2.45. The van der Waals surface area contributed by atoms with Crippen LogP contribution in [0, 0.1) is 5.41 Å². The van der Waals surface area contributed by atoms with Crippen molar-refractivity contribution in [3.05, 3.63) is 46.5 Å². The van der Waals surface area contributed by atoms with Gasteiger partial charge in [-0.2, -0.15) is 5.10 Å². The maximum Gasteiger partial charge on any atom is 0.314 e. The lowest BCUT2D eigenvalue weighted by molar-refractivity contribution is -0.172. The van der Waals surface area contributed by atoms with Gasteiger partial charge in [0.2, 0.25) is 0 Å². The van der Waals surface area contributed by atoms with Crippen molar-refractivity contribution >= 4 is 29.2 Å². The Morgan fingerprint density at radius 1 is 1.39 bits per heavy atom. The van der Waals surface area contributed by atoms with E-state index in [0.29, 0.717) is 10.6 Å². The molecule has 0 fully saturated rings. The minimum Gasteiger partial charge on any atom is -0.469 e. The molecular formula is C15H17Cl2N3O3. The Morgan fingerprint density at radius 3 is 2.61 bits per heavy atom. The van der Waals surface area contributed by atoms with E-state index < -0.39 is 17.0 Å². The molecule has 1 heterocycles. The molecule has 0 amide bonds. The molecule has 2 rings (SSSR count). The Labute approximate surface area is 144 Å². The first-order chi connectivity index (χ1) is 10.7. The first-order valence-electron chi connectivity index (χ1n) is 6.81. The molecule has 0 spiro atoms. The van der Waals surface area contributed by atoms with Crippen molar-refractivity contribution in [3.8, 4) is 0 Å². The van der Waals surface area contributed by atoms with Crippen LogP contribution in [-0.4, -0.2) is 33.0 Å². The van der Waals surface area contributed by atoms with Crippen molar-refractivity contribution < 1.29 is 14.6 Å². The second-order valence-corrected chi connectivity index (χ2v) is 6.54. The number of hydrogen-bond acceptors (Lipinski definition) is 5. The van der Waals surface area contributed by atoms with Crippen molar-refractivity contribution in [2.75, 3.05) is 7.11 Å². The molecule has 0 bridgehead atoms. The summed E-state index contributed by atoms with van der Waals surface area (Å²) in [6, 6.07) is 4.70. The standard InChI is InChI=1S/C15H17Cl2N3O3/c1-14(2,13(21)23-3)15(22,7-20-9-18-8-19-20)11-5-4-10(16)6-12(11)17/h4-6,8-9,22H,7H2,1-3H3. The molecule has 8 heteroatoms. The minimum absolute atomic E-state index is 0.0313. The topological polar surface area (TPSA) is 77.2 Å². The number of carbonyl (C=O) groups is 1.